The second kappa shape index (κ2) is 12.5. The minimum absolute atomic E-state index is 0.0161. The number of amides is 1. The second-order valence-electron chi connectivity index (χ2n) is 10.6. The Labute approximate surface area is 249 Å². The summed E-state index contributed by atoms with van der Waals surface area (Å²) >= 11 is 4.56. The molecule has 42 heavy (non-hydrogen) atoms. The minimum Gasteiger partial charge on any atom is -0.598 e. The molecule has 0 saturated carbocycles. The number of carbonyl (C=O) groups excluding carboxylic acids is 1. The standard InChI is InChI=1S/C26H33ClF3N3O8S/c1-23(2,3)42(37)33-24(4)13-41-19-15(24)11-18(32-21(19)27)25(36,26(28,29)30)12-31-22(35)14-9-16(38-5)20(40-8-7-34)17(10-14)39-6/h9-11,33-34,36H,7-8,12-13H2,1-6H3,(H,31,35)/t24-,25?,42?/m1/s1. The number of halogens is 4. The molecule has 2 unspecified atom stereocenters. The Bertz CT molecular complexity index is 1290. The number of nitrogens with one attached hydrogen (secondary N) is 2. The number of methoxy groups -OCH3 is 2. The second-order valence-corrected chi connectivity index (χ2v) is 12.9. The van der Waals surface area contributed by atoms with Gasteiger partial charge in [0.1, 0.15) is 23.5 Å². The van der Waals surface area contributed by atoms with Crippen LogP contribution in [0, 0.1) is 0 Å². The third-order valence-corrected chi connectivity index (χ3v) is 8.37. The number of aromatic nitrogens is 1. The van der Waals surface area contributed by atoms with Gasteiger partial charge in [0.25, 0.3) is 5.91 Å². The summed E-state index contributed by atoms with van der Waals surface area (Å²) in [6.45, 7) is 4.83. The molecule has 16 heteroatoms. The highest BCUT2D eigenvalue weighted by molar-refractivity contribution is 7.90. The average Bonchev–Trinajstić information content (AvgIpc) is 3.24. The van der Waals surface area contributed by atoms with Crippen LogP contribution in [0.15, 0.2) is 18.2 Å². The monoisotopic (exact) mass is 639 g/mol. The fourth-order valence-corrected chi connectivity index (χ4v) is 5.08. The minimum atomic E-state index is -5.32. The van der Waals surface area contributed by atoms with Crippen LogP contribution in [0.3, 0.4) is 0 Å². The third-order valence-electron chi connectivity index (χ3n) is 6.36. The maximum atomic E-state index is 14.4. The van der Waals surface area contributed by atoms with Crippen molar-refractivity contribution in [1.82, 2.24) is 15.0 Å². The van der Waals surface area contributed by atoms with Crippen LogP contribution in [-0.4, -0.2) is 77.2 Å². The lowest BCUT2D eigenvalue weighted by molar-refractivity contribution is -0.265. The largest absolute Gasteiger partial charge is 0.598 e. The number of carbonyl (C=O) groups is 1. The van der Waals surface area contributed by atoms with E-state index >= 15 is 0 Å². The van der Waals surface area contributed by atoms with Crippen molar-refractivity contribution in [2.45, 2.75) is 49.8 Å². The molecule has 11 nitrogen and oxygen atoms in total. The van der Waals surface area contributed by atoms with Crippen molar-refractivity contribution >= 4 is 28.9 Å². The number of benzene rings is 1. The van der Waals surface area contributed by atoms with E-state index in [4.69, 9.17) is 35.7 Å². The van der Waals surface area contributed by atoms with E-state index in [9.17, 15) is 27.6 Å². The Morgan fingerprint density at radius 2 is 1.81 bits per heavy atom. The van der Waals surface area contributed by atoms with Gasteiger partial charge in [0, 0.05) is 22.5 Å². The highest BCUT2D eigenvalue weighted by Gasteiger charge is 2.57. The molecular formula is C26H33ClF3N3O8S. The van der Waals surface area contributed by atoms with E-state index in [2.05, 4.69) is 15.0 Å². The van der Waals surface area contributed by atoms with Gasteiger partial charge < -0.3 is 39.0 Å². The van der Waals surface area contributed by atoms with Gasteiger partial charge in [0.2, 0.25) is 11.4 Å². The van der Waals surface area contributed by atoms with Gasteiger partial charge >= 0.3 is 6.18 Å². The first-order valence-electron chi connectivity index (χ1n) is 12.5. The van der Waals surface area contributed by atoms with Crippen molar-refractivity contribution in [3.05, 3.63) is 40.2 Å². The Hall–Kier alpha value is -2.69. The fraction of sp³-hybridized carbons (Fsp3) is 0.538. The van der Waals surface area contributed by atoms with E-state index in [0.717, 1.165) is 6.07 Å². The Kier molecular flexibility index (Phi) is 10.1. The molecule has 1 aliphatic heterocycles. The maximum absolute atomic E-state index is 14.4. The van der Waals surface area contributed by atoms with E-state index in [-0.39, 0.29) is 53.9 Å². The molecule has 0 radical (unpaired) electrons. The van der Waals surface area contributed by atoms with Gasteiger partial charge in [-0.15, -0.1) is 4.72 Å². The van der Waals surface area contributed by atoms with Gasteiger partial charge in [-0.2, -0.15) is 13.2 Å². The van der Waals surface area contributed by atoms with E-state index in [1.54, 1.807) is 27.7 Å². The summed E-state index contributed by atoms with van der Waals surface area (Å²) in [4.78, 5) is 16.8. The first-order chi connectivity index (χ1) is 19.4. The lowest BCUT2D eigenvalue weighted by Crippen LogP contribution is -2.52. The summed E-state index contributed by atoms with van der Waals surface area (Å²) < 4.78 is 79.7. The molecule has 1 amide bonds. The molecule has 0 saturated heterocycles. The molecule has 2 heterocycles. The SMILES string of the molecule is COc1cc(C(=O)NCC(O)(c2cc3c(c(Cl)n2)OC[C@@]3(C)N[S+]([O-])C(C)(C)C)C(F)(F)F)cc(OC)c1OCCO. The van der Waals surface area contributed by atoms with Crippen molar-refractivity contribution in [3.8, 4) is 23.0 Å². The summed E-state index contributed by atoms with van der Waals surface area (Å²) in [6, 6.07) is 3.37. The summed E-state index contributed by atoms with van der Waals surface area (Å²) in [7, 11) is 2.55. The van der Waals surface area contributed by atoms with Crippen LogP contribution in [0.5, 0.6) is 23.0 Å². The van der Waals surface area contributed by atoms with Crippen LogP contribution >= 0.6 is 11.6 Å². The van der Waals surface area contributed by atoms with E-state index in [0.29, 0.717) is 0 Å². The van der Waals surface area contributed by atoms with Crippen LogP contribution in [0.4, 0.5) is 13.2 Å². The Morgan fingerprint density at radius 1 is 1.21 bits per heavy atom. The van der Waals surface area contributed by atoms with E-state index in [1.807, 2.05) is 0 Å². The number of aliphatic hydroxyl groups excluding tert-OH is 1. The first kappa shape index (κ1) is 33.8. The molecule has 1 aliphatic rings. The van der Waals surface area contributed by atoms with E-state index < -0.39 is 56.7 Å². The highest BCUT2D eigenvalue weighted by Crippen LogP contribution is 2.46. The predicted octanol–water partition coefficient (Wildman–Crippen LogP) is 2.96. The molecule has 3 atom stereocenters. The highest BCUT2D eigenvalue weighted by atomic mass is 35.5. The zero-order valence-electron chi connectivity index (χ0n) is 23.8. The molecule has 0 aliphatic carbocycles. The van der Waals surface area contributed by atoms with Crippen LogP contribution in [0.1, 0.15) is 49.3 Å². The molecule has 1 aromatic carbocycles. The van der Waals surface area contributed by atoms with Crippen LogP contribution in [-0.2, 0) is 22.5 Å². The van der Waals surface area contributed by atoms with Gasteiger partial charge in [0.15, 0.2) is 22.4 Å². The quantitative estimate of drug-likeness (QED) is 0.213. The number of hydrogen-bond donors (Lipinski definition) is 4. The zero-order chi connectivity index (χ0) is 31.7. The number of ether oxygens (including phenoxy) is 4. The Morgan fingerprint density at radius 3 is 2.31 bits per heavy atom. The number of nitrogens with zero attached hydrogens (tertiary/aromatic N) is 1. The molecule has 0 fully saturated rings. The van der Waals surface area contributed by atoms with Gasteiger partial charge in [0.05, 0.1) is 33.1 Å². The number of fused-ring (bicyclic) bond motifs is 1. The zero-order valence-corrected chi connectivity index (χ0v) is 25.3. The summed E-state index contributed by atoms with van der Waals surface area (Å²) in [5.41, 5.74) is -5.89. The molecule has 3 rings (SSSR count). The molecule has 1 aromatic heterocycles. The number of aliphatic hydroxyl groups is 2. The maximum Gasteiger partial charge on any atom is 0.424 e. The number of alkyl halides is 3. The molecule has 0 bridgehead atoms. The first-order valence-corrected chi connectivity index (χ1v) is 14.1. The van der Waals surface area contributed by atoms with Crippen LogP contribution in [0.25, 0.3) is 0 Å². The van der Waals surface area contributed by atoms with Crippen molar-refractivity contribution in [1.29, 1.82) is 0 Å². The topological polar surface area (TPSA) is 154 Å². The fourth-order valence-electron chi connectivity index (χ4n) is 3.94. The smallest absolute Gasteiger partial charge is 0.424 e. The van der Waals surface area contributed by atoms with Crippen molar-refractivity contribution in [2.24, 2.45) is 0 Å². The Balaban J connectivity index is 1.97. The molecule has 4 N–H and O–H groups in total. The average molecular weight is 640 g/mol. The summed E-state index contributed by atoms with van der Waals surface area (Å²) in [6.07, 6.45) is -5.32. The van der Waals surface area contributed by atoms with Crippen molar-refractivity contribution in [2.75, 3.05) is 40.6 Å². The lowest BCUT2D eigenvalue weighted by Gasteiger charge is -2.33. The van der Waals surface area contributed by atoms with E-state index in [1.165, 1.54) is 26.4 Å². The van der Waals surface area contributed by atoms with Gasteiger partial charge in [-0.1, -0.05) is 11.6 Å². The van der Waals surface area contributed by atoms with Crippen LogP contribution < -0.4 is 29.0 Å². The van der Waals surface area contributed by atoms with Crippen LogP contribution in [0.2, 0.25) is 5.15 Å². The molecular weight excluding hydrogens is 607 g/mol. The normalized spacial score (nSPS) is 18.9. The van der Waals surface area contributed by atoms with Crippen molar-refractivity contribution in [3.63, 3.8) is 0 Å². The third kappa shape index (κ3) is 6.76. The summed E-state index contributed by atoms with van der Waals surface area (Å²) in [5, 5.41) is 21.7. The van der Waals surface area contributed by atoms with Gasteiger partial charge in [-0.25, -0.2) is 4.98 Å². The predicted molar refractivity (Wildman–Crippen MR) is 148 cm³/mol. The molecule has 2 aromatic rings. The number of pyridine rings is 1. The molecule has 0 spiro atoms. The van der Waals surface area contributed by atoms with Gasteiger partial charge in [-0.3, -0.25) is 4.79 Å². The molecule has 234 valence electrons. The lowest BCUT2D eigenvalue weighted by atomic mass is 9.91. The number of hydrogen-bond acceptors (Lipinski definition) is 10. The van der Waals surface area contributed by atoms with Gasteiger partial charge in [-0.05, 0) is 45.9 Å². The number of rotatable bonds is 11. The summed E-state index contributed by atoms with van der Waals surface area (Å²) in [5.74, 6) is -0.917. The van der Waals surface area contributed by atoms with Crippen molar-refractivity contribution < 1.29 is 51.7 Å².